The summed E-state index contributed by atoms with van der Waals surface area (Å²) in [6.45, 7) is 3.91. The zero-order chi connectivity index (χ0) is 11.5. The third-order valence-electron chi connectivity index (χ3n) is 2.65. The van der Waals surface area contributed by atoms with Gasteiger partial charge in [-0.25, -0.2) is 0 Å². The highest BCUT2D eigenvalue weighted by Crippen LogP contribution is 2.21. The largest absolute Gasteiger partial charge is 0.305 e. The third-order valence-corrected chi connectivity index (χ3v) is 2.65. The Morgan fingerprint density at radius 1 is 0.938 bits per heavy atom. The lowest BCUT2D eigenvalue weighted by molar-refractivity contribution is 1.44. The average Bonchev–Trinajstić information content (AvgIpc) is 2.29. The minimum absolute atomic E-state index is 0.606. The van der Waals surface area contributed by atoms with Crippen LogP contribution in [0.25, 0.3) is 11.1 Å². The first-order chi connectivity index (χ1) is 7.66. The van der Waals surface area contributed by atoms with Crippen LogP contribution < -0.4 is 0 Å². The van der Waals surface area contributed by atoms with Crippen LogP contribution in [0.15, 0.2) is 48.5 Å². The van der Waals surface area contributed by atoms with Crippen molar-refractivity contribution in [2.24, 2.45) is 0 Å². The molecule has 2 aromatic rings. The Morgan fingerprint density at radius 3 is 2.19 bits per heavy atom. The maximum atomic E-state index is 7.64. The molecule has 1 nitrogen and oxygen atoms in total. The van der Waals surface area contributed by atoms with Crippen molar-refractivity contribution >= 4 is 5.71 Å². The van der Waals surface area contributed by atoms with Crippen molar-refractivity contribution in [1.82, 2.24) is 0 Å². The second-order valence-electron chi connectivity index (χ2n) is 4.08. The van der Waals surface area contributed by atoms with E-state index in [9.17, 15) is 0 Å². The molecule has 0 amide bonds. The summed E-state index contributed by atoms with van der Waals surface area (Å²) >= 11 is 0. The van der Waals surface area contributed by atoms with Gasteiger partial charge in [-0.15, -0.1) is 0 Å². The van der Waals surface area contributed by atoms with Crippen LogP contribution in [-0.4, -0.2) is 5.71 Å². The molecule has 0 fully saturated rings. The zero-order valence-electron chi connectivity index (χ0n) is 9.62. The number of rotatable bonds is 2. The lowest BCUT2D eigenvalue weighted by Crippen LogP contribution is -1.91. The summed E-state index contributed by atoms with van der Waals surface area (Å²) in [5.74, 6) is 0. The minimum Gasteiger partial charge on any atom is -0.305 e. The molecule has 2 aromatic carbocycles. The van der Waals surface area contributed by atoms with Gasteiger partial charge in [0.15, 0.2) is 0 Å². The zero-order valence-corrected chi connectivity index (χ0v) is 9.62. The molecule has 0 saturated carbocycles. The van der Waals surface area contributed by atoms with E-state index >= 15 is 0 Å². The Hall–Kier alpha value is -1.89. The Labute approximate surface area is 96.3 Å². The smallest absolute Gasteiger partial charge is 0.0355 e. The van der Waals surface area contributed by atoms with E-state index in [1.54, 1.807) is 0 Å². The van der Waals surface area contributed by atoms with Gasteiger partial charge in [-0.1, -0.05) is 48.0 Å². The van der Waals surface area contributed by atoms with Crippen LogP contribution in [0.3, 0.4) is 0 Å². The summed E-state index contributed by atoms with van der Waals surface area (Å²) < 4.78 is 0. The van der Waals surface area contributed by atoms with Gasteiger partial charge in [-0.3, -0.25) is 0 Å². The molecule has 1 heteroatoms. The first-order valence-corrected chi connectivity index (χ1v) is 5.39. The van der Waals surface area contributed by atoms with Gasteiger partial charge in [0.05, 0.1) is 0 Å². The van der Waals surface area contributed by atoms with E-state index in [1.807, 2.05) is 19.1 Å². The molecule has 0 spiro atoms. The lowest BCUT2D eigenvalue weighted by atomic mass is 10.0. The summed E-state index contributed by atoms with van der Waals surface area (Å²) in [5.41, 5.74) is 5.24. The van der Waals surface area contributed by atoms with Gasteiger partial charge in [-0.2, -0.15) is 0 Å². The van der Waals surface area contributed by atoms with Crippen molar-refractivity contribution in [2.75, 3.05) is 0 Å². The van der Waals surface area contributed by atoms with Crippen molar-refractivity contribution in [3.8, 4) is 11.1 Å². The van der Waals surface area contributed by atoms with Crippen LogP contribution in [0.1, 0.15) is 18.1 Å². The van der Waals surface area contributed by atoms with Gasteiger partial charge >= 0.3 is 0 Å². The van der Waals surface area contributed by atoms with E-state index in [0.717, 1.165) is 5.56 Å². The molecular formula is C15H15N. The summed E-state index contributed by atoms with van der Waals surface area (Å²) in [7, 11) is 0. The fraction of sp³-hybridized carbons (Fsp3) is 0.133. The SMILES string of the molecule is CC(=N)c1cccc(-c2cccc(C)c2)c1. The fourth-order valence-electron chi connectivity index (χ4n) is 1.76. The van der Waals surface area contributed by atoms with Crippen molar-refractivity contribution in [2.45, 2.75) is 13.8 Å². The third kappa shape index (κ3) is 2.19. The number of hydrogen-bond acceptors (Lipinski definition) is 1. The molecule has 0 atom stereocenters. The van der Waals surface area contributed by atoms with E-state index in [4.69, 9.17) is 5.41 Å². The van der Waals surface area contributed by atoms with Gasteiger partial charge in [0.2, 0.25) is 0 Å². The van der Waals surface area contributed by atoms with E-state index < -0.39 is 0 Å². The summed E-state index contributed by atoms with van der Waals surface area (Å²) in [6, 6.07) is 16.6. The summed E-state index contributed by atoms with van der Waals surface area (Å²) in [6.07, 6.45) is 0. The van der Waals surface area contributed by atoms with Crippen LogP contribution in [0.2, 0.25) is 0 Å². The Bertz CT molecular complexity index is 526. The molecule has 0 heterocycles. The van der Waals surface area contributed by atoms with Gasteiger partial charge < -0.3 is 5.41 Å². The van der Waals surface area contributed by atoms with Gasteiger partial charge in [-0.05, 0) is 36.6 Å². The molecule has 0 aliphatic carbocycles. The van der Waals surface area contributed by atoms with E-state index in [0.29, 0.717) is 5.71 Å². The van der Waals surface area contributed by atoms with Crippen LogP contribution in [0.5, 0.6) is 0 Å². The minimum atomic E-state index is 0.606. The topological polar surface area (TPSA) is 23.9 Å². The number of aryl methyl sites for hydroxylation is 1. The van der Waals surface area contributed by atoms with Crippen molar-refractivity contribution < 1.29 is 0 Å². The van der Waals surface area contributed by atoms with Gasteiger partial charge in [0.1, 0.15) is 0 Å². The normalized spacial score (nSPS) is 10.1. The van der Waals surface area contributed by atoms with E-state index in [-0.39, 0.29) is 0 Å². The Morgan fingerprint density at radius 2 is 1.56 bits per heavy atom. The maximum absolute atomic E-state index is 7.64. The molecule has 16 heavy (non-hydrogen) atoms. The molecule has 0 aliphatic heterocycles. The van der Waals surface area contributed by atoms with Crippen molar-refractivity contribution in [3.63, 3.8) is 0 Å². The number of nitrogens with one attached hydrogen (secondary N) is 1. The fourth-order valence-corrected chi connectivity index (χ4v) is 1.76. The molecule has 0 saturated heterocycles. The van der Waals surface area contributed by atoms with Crippen LogP contribution >= 0.6 is 0 Å². The molecule has 0 aromatic heterocycles. The Kier molecular flexibility index (Phi) is 2.86. The van der Waals surface area contributed by atoms with Crippen molar-refractivity contribution in [3.05, 3.63) is 59.7 Å². The average molecular weight is 209 g/mol. The monoisotopic (exact) mass is 209 g/mol. The van der Waals surface area contributed by atoms with Gasteiger partial charge in [0.25, 0.3) is 0 Å². The lowest BCUT2D eigenvalue weighted by Gasteiger charge is -2.05. The molecule has 0 bridgehead atoms. The van der Waals surface area contributed by atoms with Crippen LogP contribution in [0.4, 0.5) is 0 Å². The molecular weight excluding hydrogens is 194 g/mol. The predicted octanol–water partition coefficient (Wildman–Crippen LogP) is 4.05. The Balaban J connectivity index is 2.48. The van der Waals surface area contributed by atoms with E-state index in [2.05, 4.69) is 43.3 Å². The summed E-state index contributed by atoms with van der Waals surface area (Å²) in [4.78, 5) is 0. The first-order valence-electron chi connectivity index (χ1n) is 5.39. The predicted molar refractivity (Wildman–Crippen MR) is 69.1 cm³/mol. The molecule has 2 rings (SSSR count). The molecule has 0 aliphatic rings. The first kappa shape index (κ1) is 10.6. The van der Waals surface area contributed by atoms with Gasteiger partial charge in [0, 0.05) is 5.71 Å². The quantitative estimate of drug-likeness (QED) is 0.721. The summed E-state index contributed by atoms with van der Waals surface area (Å²) in [5, 5.41) is 7.64. The standard InChI is InChI=1S/C15H15N/c1-11-5-3-7-14(9-11)15-8-4-6-13(10-15)12(2)16/h3-10,16H,1-2H3. The van der Waals surface area contributed by atoms with Crippen LogP contribution in [-0.2, 0) is 0 Å². The van der Waals surface area contributed by atoms with E-state index in [1.165, 1.54) is 16.7 Å². The molecule has 80 valence electrons. The maximum Gasteiger partial charge on any atom is 0.0355 e. The number of hydrogen-bond donors (Lipinski definition) is 1. The highest BCUT2D eigenvalue weighted by atomic mass is 14.4. The molecule has 1 N–H and O–H groups in total. The second kappa shape index (κ2) is 4.31. The van der Waals surface area contributed by atoms with Crippen LogP contribution in [0, 0.1) is 12.3 Å². The molecule has 0 radical (unpaired) electrons. The highest BCUT2D eigenvalue weighted by Gasteiger charge is 2.00. The molecule has 0 unspecified atom stereocenters. The highest BCUT2D eigenvalue weighted by molar-refractivity contribution is 5.97. The van der Waals surface area contributed by atoms with Crippen molar-refractivity contribution in [1.29, 1.82) is 5.41 Å². The number of benzene rings is 2. The second-order valence-corrected chi connectivity index (χ2v) is 4.08.